The molecule has 0 aromatic heterocycles. The first-order valence-electron chi connectivity index (χ1n) is 8.31. The topological polar surface area (TPSA) is 40.6 Å². The van der Waals surface area contributed by atoms with Crippen LogP contribution in [0.1, 0.15) is 31.7 Å². The highest BCUT2D eigenvalue weighted by atomic mass is 35.5. The van der Waals surface area contributed by atoms with Gasteiger partial charge in [-0.1, -0.05) is 24.6 Å². The van der Waals surface area contributed by atoms with E-state index in [-0.39, 0.29) is 17.7 Å². The molecule has 0 radical (unpaired) electrons. The maximum Gasteiger partial charge on any atom is 0.228 e. The number of likely N-dealkylation sites (tertiary alicyclic amines) is 1. The Morgan fingerprint density at radius 3 is 2.78 bits per heavy atom. The number of halogens is 1. The van der Waals surface area contributed by atoms with Gasteiger partial charge in [0.2, 0.25) is 11.8 Å². The molecule has 2 fully saturated rings. The van der Waals surface area contributed by atoms with Gasteiger partial charge in [-0.2, -0.15) is 0 Å². The molecule has 23 heavy (non-hydrogen) atoms. The minimum atomic E-state index is -0.229. The largest absolute Gasteiger partial charge is 0.342 e. The first-order chi connectivity index (χ1) is 11.0. The highest BCUT2D eigenvalue weighted by molar-refractivity contribution is 6.31. The number of hydrogen-bond donors (Lipinski definition) is 0. The normalized spacial score (nSPS) is 25.1. The molecule has 0 spiro atoms. The summed E-state index contributed by atoms with van der Waals surface area (Å²) in [6, 6.07) is 5.62. The molecule has 2 atom stereocenters. The SMILES string of the molecule is Cc1ccc(N2C[C@@H](C(=O)N3CCC[C@@H](C)C3)CC2=O)cc1Cl. The standard InChI is InChI=1S/C18H23ClN2O2/c1-12-4-3-7-20(10-12)18(23)14-8-17(22)21(11-14)15-6-5-13(2)16(19)9-15/h5-6,9,12,14H,3-4,7-8,10-11H2,1-2H3/t12-,14+/m1/s1. The number of rotatable bonds is 2. The molecular formula is C18H23ClN2O2. The van der Waals surface area contributed by atoms with E-state index in [4.69, 9.17) is 11.6 Å². The van der Waals surface area contributed by atoms with Crippen molar-refractivity contribution in [2.24, 2.45) is 11.8 Å². The van der Waals surface area contributed by atoms with Crippen LogP contribution in [0, 0.1) is 18.8 Å². The van der Waals surface area contributed by atoms with Crippen LogP contribution >= 0.6 is 11.6 Å². The van der Waals surface area contributed by atoms with Crippen LogP contribution in [0.5, 0.6) is 0 Å². The summed E-state index contributed by atoms with van der Waals surface area (Å²) in [7, 11) is 0. The van der Waals surface area contributed by atoms with Crippen molar-refractivity contribution >= 4 is 29.1 Å². The van der Waals surface area contributed by atoms with Crippen LogP contribution in [-0.2, 0) is 9.59 Å². The van der Waals surface area contributed by atoms with Crippen LogP contribution < -0.4 is 4.90 Å². The summed E-state index contributed by atoms with van der Waals surface area (Å²) < 4.78 is 0. The third-order valence-corrected chi connectivity index (χ3v) is 5.32. The second kappa shape index (κ2) is 6.52. The lowest BCUT2D eigenvalue weighted by atomic mass is 9.98. The zero-order valence-corrected chi connectivity index (χ0v) is 14.5. The van der Waals surface area contributed by atoms with Gasteiger partial charge in [-0.3, -0.25) is 9.59 Å². The van der Waals surface area contributed by atoms with Gasteiger partial charge in [0.15, 0.2) is 0 Å². The van der Waals surface area contributed by atoms with Crippen molar-refractivity contribution in [3.05, 3.63) is 28.8 Å². The van der Waals surface area contributed by atoms with E-state index in [1.807, 2.05) is 30.0 Å². The predicted octanol–water partition coefficient (Wildman–Crippen LogP) is 3.26. The average Bonchev–Trinajstić information content (AvgIpc) is 2.91. The van der Waals surface area contributed by atoms with Gasteiger partial charge in [0.05, 0.1) is 5.92 Å². The van der Waals surface area contributed by atoms with Crippen LogP contribution in [0.15, 0.2) is 18.2 Å². The van der Waals surface area contributed by atoms with Crippen LogP contribution in [0.25, 0.3) is 0 Å². The minimum Gasteiger partial charge on any atom is -0.342 e. The zero-order chi connectivity index (χ0) is 16.6. The van der Waals surface area contributed by atoms with Crippen molar-refractivity contribution < 1.29 is 9.59 Å². The van der Waals surface area contributed by atoms with E-state index in [9.17, 15) is 9.59 Å². The Labute approximate surface area is 142 Å². The van der Waals surface area contributed by atoms with Gasteiger partial charge in [0.25, 0.3) is 0 Å². The Morgan fingerprint density at radius 2 is 2.09 bits per heavy atom. The fourth-order valence-corrected chi connectivity index (χ4v) is 3.69. The number of hydrogen-bond acceptors (Lipinski definition) is 2. The maximum atomic E-state index is 12.7. The number of amides is 2. The molecule has 1 aromatic rings. The minimum absolute atomic E-state index is 0.00771. The number of piperidine rings is 1. The number of benzene rings is 1. The molecule has 4 nitrogen and oxygen atoms in total. The number of carbonyl (C=O) groups is 2. The number of carbonyl (C=O) groups excluding carboxylic acids is 2. The number of aryl methyl sites for hydroxylation is 1. The van der Waals surface area contributed by atoms with Crippen molar-refractivity contribution in [2.45, 2.75) is 33.1 Å². The summed E-state index contributed by atoms with van der Waals surface area (Å²) in [6.45, 7) is 6.22. The average molecular weight is 335 g/mol. The molecule has 124 valence electrons. The molecule has 2 saturated heterocycles. The van der Waals surface area contributed by atoms with Crippen molar-refractivity contribution in [3.63, 3.8) is 0 Å². The molecule has 0 aliphatic carbocycles. The van der Waals surface area contributed by atoms with Gasteiger partial charge in [-0.25, -0.2) is 0 Å². The summed E-state index contributed by atoms with van der Waals surface area (Å²) in [5.41, 5.74) is 1.77. The number of nitrogens with zero attached hydrogens (tertiary/aromatic N) is 2. The second-order valence-electron chi connectivity index (χ2n) is 6.87. The summed E-state index contributed by atoms with van der Waals surface area (Å²) in [5, 5.41) is 0.648. The van der Waals surface area contributed by atoms with Crippen molar-refractivity contribution in [2.75, 3.05) is 24.5 Å². The van der Waals surface area contributed by atoms with Crippen molar-refractivity contribution in [3.8, 4) is 0 Å². The first-order valence-corrected chi connectivity index (χ1v) is 8.69. The van der Waals surface area contributed by atoms with E-state index in [1.54, 1.807) is 4.90 Å². The van der Waals surface area contributed by atoms with Gasteiger partial charge in [-0.15, -0.1) is 0 Å². The third kappa shape index (κ3) is 3.37. The fourth-order valence-electron chi connectivity index (χ4n) is 3.52. The Hall–Kier alpha value is -1.55. The highest BCUT2D eigenvalue weighted by Crippen LogP contribution is 2.30. The van der Waals surface area contributed by atoms with Crippen LogP contribution in [-0.4, -0.2) is 36.3 Å². The summed E-state index contributed by atoms with van der Waals surface area (Å²) in [4.78, 5) is 28.7. The van der Waals surface area contributed by atoms with Crippen molar-refractivity contribution in [1.29, 1.82) is 0 Å². The Morgan fingerprint density at radius 1 is 1.30 bits per heavy atom. The van der Waals surface area contributed by atoms with Crippen molar-refractivity contribution in [1.82, 2.24) is 4.90 Å². The van der Waals surface area contributed by atoms with E-state index >= 15 is 0 Å². The molecule has 0 N–H and O–H groups in total. The molecule has 2 amide bonds. The third-order valence-electron chi connectivity index (χ3n) is 4.91. The molecule has 1 aromatic carbocycles. The lowest BCUT2D eigenvalue weighted by Crippen LogP contribution is -2.43. The molecule has 5 heteroatoms. The second-order valence-corrected chi connectivity index (χ2v) is 7.28. The lowest BCUT2D eigenvalue weighted by Gasteiger charge is -2.32. The summed E-state index contributed by atoms with van der Waals surface area (Å²) >= 11 is 6.16. The van der Waals surface area contributed by atoms with Crippen LogP contribution in [0.3, 0.4) is 0 Å². The molecular weight excluding hydrogens is 312 g/mol. The van der Waals surface area contributed by atoms with E-state index in [0.717, 1.165) is 30.8 Å². The smallest absolute Gasteiger partial charge is 0.228 e. The molecule has 0 unspecified atom stereocenters. The first kappa shape index (κ1) is 16.3. The summed E-state index contributed by atoms with van der Waals surface area (Å²) in [6.07, 6.45) is 2.54. The molecule has 2 aliphatic rings. The van der Waals surface area contributed by atoms with Crippen LogP contribution in [0.4, 0.5) is 5.69 Å². The van der Waals surface area contributed by atoms with Gasteiger partial charge < -0.3 is 9.80 Å². The quantitative estimate of drug-likeness (QED) is 0.833. The van der Waals surface area contributed by atoms with Gasteiger partial charge in [0.1, 0.15) is 0 Å². The fraction of sp³-hybridized carbons (Fsp3) is 0.556. The zero-order valence-electron chi connectivity index (χ0n) is 13.7. The molecule has 2 heterocycles. The summed E-state index contributed by atoms with van der Waals surface area (Å²) in [5.74, 6) is 0.462. The molecule has 3 rings (SSSR count). The Kier molecular flexibility index (Phi) is 4.62. The monoisotopic (exact) mass is 334 g/mol. The van der Waals surface area contributed by atoms with Gasteiger partial charge in [-0.05, 0) is 43.4 Å². The van der Waals surface area contributed by atoms with E-state index in [0.29, 0.717) is 23.9 Å². The highest BCUT2D eigenvalue weighted by Gasteiger charge is 2.38. The van der Waals surface area contributed by atoms with E-state index in [1.165, 1.54) is 6.42 Å². The molecule has 2 aliphatic heterocycles. The van der Waals surface area contributed by atoms with E-state index in [2.05, 4.69) is 6.92 Å². The molecule has 0 saturated carbocycles. The number of anilines is 1. The molecule has 0 bridgehead atoms. The Balaban J connectivity index is 1.71. The van der Waals surface area contributed by atoms with Crippen LogP contribution in [0.2, 0.25) is 5.02 Å². The Bertz CT molecular complexity index is 631. The maximum absolute atomic E-state index is 12.7. The predicted molar refractivity (Wildman–Crippen MR) is 91.6 cm³/mol. The lowest BCUT2D eigenvalue weighted by molar-refractivity contribution is -0.137. The van der Waals surface area contributed by atoms with Gasteiger partial charge in [0, 0.05) is 36.8 Å². The van der Waals surface area contributed by atoms with Gasteiger partial charge >= 0.3 is 0 Å². The van der Waals surface area contributed by atoms with E-state index < -0.39 is 0 Å².